The highest BCUT2D eigenvalue weighted by molar-refractivity contribution is 7.08. The fraction of sp³-hybridized carbons (Fsp3) is 0.250. The molecule has 15 heavy (non-hydrogen) atoms. The van der Waals surface area contributed by atoms with Crippen LogP contribution in [0.15, 0.2) is 35.3 Å². The van der Waals surface area contributed by atoms with Crippen LogP contribution in [0.3, 0.4) is 0 Å². The molecular weight excluding hydrogens is 204 g/mol. The molecule has 3 heteroatoms. The number of aromatic nitrogens is 1. The Labute approximate surface area is 94.0 Å². The molecule has 2 rings (SSSR count). The lowest BCUT2D eigenvalue weighted by Gasteiger charge is -2.16. The van der Waals surface area contributed by atoms with Crippen LogP contribution in [0.5, 0.6) is 0 Å². The van der Waals surface area contributed by atoms with E-state index in [-0.39, 0.29) is 6.04 Å². The lowest BCUT2D eigenvalue weighted by Crippen LogP contribution is -2.17. The molecule has 0 aliphatic heterocycles. The van der Waals surface area contributed by atoms with Crippen LogP contribution in [-0.2, 0) is 0 Å². The zero-order valence-electron chi connectivity index (χ0n) is 8.90. The van der Waals surface area contributed by atoms with Crippen molar-refractivity contribution in [3.63, 3.8) is 0 Å². The molecule has 2 nitrogen and oxygen atoms in total. The Balaban J connectivity index is 2.37. The van der Waals surface area contributed by atoms with E-state index in [1.54, 1.807) is 17.5 Å². The Kier molecular flexibility index (Phi) is 3.14. The average Bonchev–Trinajstić information content (AvgIpc) is 2.68. The quantitative estimate of drug-likeness (QED) is 0.857. The summed E-state index contributed by atoms with van der Waals surface area (Å²) in [6.07, 6.45) is 3.72. The van der Waals surface area contributed by atoms with E-state index in [2.05, 4.69) is 34.1 Å². The maximum atomic E-state index is 4.16. The number of hydrogen-bond acceptors (Lipinski definition) is 3. The molecule has 0 aromatic carbocycles. The molecule has 1 atom stereocenters. The second kappa shape index (κ2) is 4.55. The molecule has 0 amide bonds. The van der Waals surface area contributed by atoms with E-state index in [4.69, 9.17) is 0 Å². The van der Waals surface area contributed by atoms with Gasteiger partial charge in [0.25, 0.3) is 0 Å². The minimum atomic E-state index is 0.255. The maximum Gasteiger partial charge on any atom is 0.0600 e. The highest BCUT2D eigenvalue weighted by atomic mass is 32.1. The van der Waals surface area contributed by atoms with Gasteiger partial charge >= 0.3 is 0 Å². The first-order chi connectivity index (χ1) is 7.33. The molecule has 0 saturated heterocycles. The predicted octanol–water partition coefficient (Wildman–Crippen LogP) is 2.76. The Morgan fingerprint density at radius 2 is 2.27 bits per heavy atom. The van der Waals surface area contributed by atoms with Crippen molar-refractivity contribution in [3.05, 3.63) is 52.0 Å². The average molecular weight is 218 g/mol. The number of rotatable bonds is 3. The molecule has 0 saturated carbocycles. The first kappa shape index (κ1) is 10.3. The maximum absolute atomic E-state index is 4.16. The molecule has 78 valence electrons. The number of pyridine rings is 1. The third kappa shape index (κ3) is 2.08. The van der Waals surface area contributed by atoms with Crippen LogP contribution in [0, 0.1) is 6.92 Å². The van der Waals surface area contributed by atoms with E-state index in [0.717, 1.165) is 0 Å². The molecule has 0 radical (unpaired) electrons. The van der Waals surface area contributed by atoms with E-state index in [1.165, 1.54) is 16.7 Å². The van der Waals surface area contributed by atoms with Crippen LogP contribution in [0.1, 0.15) is 22.7 Å². The van der Waals surface area contributed by atoms with Gasteiger partial charge in [-0.3, -0.25) is 4.98 Å². The first-order valence-electron chi connectivity index (χ1n) is 4.93. The Bertz CT molecular complexity index is 422. The second-order valence-electron chi connectivity index (χ2n) is 3.52. The highest BCUT2D eigenvalue weighted by Crippen LogP contribution is 2.26. The SMILES string of the molecule is CNC(c1cccnc1)c1cscc1C. The monoisotopic (exact) mass is 218 g/mol. The largest absolute Gasteiger partial charge is 0.309 e. The molecule has 0 aliphatic carbocycles. The second-order valence-corrected chi connectivity index (χ2v) is 4.26. The van der Waals surface area contributed by atoms with Crippen molar-refractivity contribution < 1.29 is 0 Å². The standard InChI is InChI=1S/C12H14N2S/c1-9-7-15-8-11(9)12(13-2)10-4-3-5-14-6-10/h3-8,12-13H,1-2H3. The Morgan fingerprint density at radius 1 is 1.40 bits per heavy atom. The van der Waals surface area contributed by atoms with Gasteiger partial charge in [-0.2, -0.15) is 11.3 Å². The third-order valence-corrected chi connectivity index (χ3v) is 3.39. The topological polar surface area (TPSA) is 24.9 Å². The summed E-state index contributed by atoms with van der Waals surface area (Å²) >= 11 is 1.74. The number of aryl methyl sites for hydroxylation is 1. The minimum Gasteiger partial charge on any atom is -0.309 e. The van der Waals surface area contributed by atoms with Crippen molar-refractivity contribution in [1.82, 2.24) is 10.3 Å². The van der Waals surface area contributed by atoms with Gasteiger partial charge in [0.15, 0.2) is 0 Å². The fourth-order valence-corrected chi connectivity index (χ4v) is 2.59. The van der Waals surface area contributed by atoms with E-state index in [1.807, 2.05) is 19.3 Å². The van der Waals surface area contributed by atoms with Crippen LogP contribution in [0.2, 0.25) is 0 Å². The lowest BCUT2D eigenvalue weighted by molar-refractivity contribution is 0.687. The number of hydrogen-bond donors (Lipinski definition) is 1. The van der Waals surface area contributed by atoms with Crippen molar-refractivity contribution in [2.45, 2.75) is 13.0 Å². The molecule has 2 heterocycles. The summed E-state index contributed by atoms with van der Waals surface area (Å²) in [4.78, 5) is 4.16. The summed E-state index contributed by atoms with van der Waals surface area (Å²) in [5, 5.41) is 7.70. The summed E-state index contributed by atoms with van der Waals surface area (Å²) in [6.45, 7) is 2.15. The number of nitrogens with one attached hydrogen (secondary N) is 1. The molecular formula is C12H14N2S. The lowest BCUT2D eigenvalue weighted by atomic mass is 10.0. The molecule has 0 spiro atoms. The van der Waals surface area contributed by atoms with E-state index in [0.29, 0.717) is 0 Å². The Hall–Kier alpha value is -1.19. The smallest absolute Gasteiger partial charge is 0.0600 e. The fourth-order valence-electron chi connectivity index (χ4n) is 1.71. The normalized spacial score (nSPS) is 12.7. The number of thiophene rings is 1. The van der Waals surface area contributed by atoms with Crippen molar-refractivity contribution in [2.75, 3.05) is 7.05 Å². The van der Waals surface area contributed by atoms with Crippen LogP contribution < -0.4 is 5.32 Å². The Morgan fingerprint density at radius 3 is 2.80 bits per heavy atom. The molecule has 0 fully saturated rings. The van der Waals surface area contributed by atoms with Crippen LogP contribution in [-0.4, -0.2) is 12.0 Å². The van der Waals surface area contributed by atoms with Gasteiger partial charge < -0.3 is 5.32 Å². The third-order valence-electron chi connectivity index (χ3n) is 2.51. The summed E-state index contributed by atoms with van der Waals surface area (Å²) in [7, 11) is 1.98. The summed E-state index contributed by atoms with van der Waals surface area (Å²) in [6, 6.07) is 4.33. The van der Waals surface area contributed by atoms with Gasteiger partial charge in [0.2, 0.25) is 0 Å². The summed E-state index contributed by atoms with van der Waals surface area (Å²) < 4.78 is 0. The summed E-state index contributed by atoms with van der Waals surface area (Å²) in [5.41, 5.74) is 3.89. The summed E-state index contributed by atoms with van der Waals surface area (Å²) in [5.74, 6) is 0. The van der Waals surface area contributed by atoms with Gasteiger partial charge in [-0.1, -0.05) is 6.07 Å². The van der Waals surface area contributed by atoms with Gasteiger partial charge in [0.05, 0.1) is 6.04 Å². The van der Waals surface area contributed by atoms with Gasteiger partial charge in [-0.15, -0.1) is 0 Å². The van der Waals surface area contributed by atoms with Crippen molar-refractivity contribution in [3.8, 4) is 0 Å². The molecule has 2 aromatic rings. The van der Waals surface area contributed by atoms with Crippen LogP contribution >= 0.6 is 11.3 Å². The van der Waals surface area contributed by atoms with Crippen molar-refractivity contribution in [1.29, 1.82) is 0 Å². The number of nitrogens with zero attached hydrogens (tertiary/aromatic N) is 1. The predicted molar refractivity (Wildman–Crippen MR) is 64.2 cm³/mol. The van der Waals surface area contributed by atoms with Crippen LogP contribution in [0.4, 0.5) is 0 Å². The highest BCUT2D eigenvalue weighted by Gasteiger charge is 2.14. The zero-order chi connectivity index (χ0) is 10.7. The zero-order valence-corrected chi connectivity index (χ0v) is 9.71. The van der Waals surface area contributed by atoms with Crippen molar-refractivity contribution in [2.24, 2.45) is 0 Å². The first-order valence-corrected chi connectivity index (χ1v) is 5.87. The molecule has 0 aliphatic rings. The molecule has 1 N–H and O–H groups in total. The molecule has 2 aromatic heterocycles. The van der Waals surface area contributed by atoms with Crippen LogP contribution in [0.25, 0.3) is 0 Å². The molecule has 1 unspecified atom stereocenters. The van der Waals surface area contributed by atoms with Gasteiger partial charge in [-0.05, 0) is 47.5 Å². The van der Waals surface area contributed by atoms with Gasteiger partial charge in [0.1, 0.15) is 0 Å². The molecule has 0 bridgehead atoms. The van der Waals surface area contributed by atoms with Gasteiger partial charge in [0, 0.05) is 12.4 Å². The van der Waals surface area contributed by atoms with E-state index < -0.39 is 0 Å². The minimum absolute atomic E-state index is 0.255. The van der Waals surface area contributed by atoms with Crippen molar-refractivity contribution >= 4 is 11.3 Å². The van der Waals surface area contributed by atoms with Gasteiger partial charge in [-0.25, -0.2) is 0 Å². The van der Waals surface area contributed by atoms with E-state index >= 15 is 0 Å². The van der Waals surface area contributed by atoms with E-state index in [9.17, 15) is 0 Å².